The average molecular weight is 540 g/mol. The van der Waals surface area contributed by atoms with Crippen molar-refractivity contribution in [2.75, 3.05) is 24.7 Å². The first-order valence-electron chi connectivity index (χ1n) is 11.2. The Morgan fingerprint density at radius 2 is 1.61 bits per heavy atom. The molecule has 1 fully saturated rings. The zero-order valence-electron chi connectivity index (χ0n) is 19.4. The third-order valence-corrected chi connectivity index (χ3v) is 8.79. The molecule has 8 nitrogen and oxygen atoms in total. The molecule has 1 aliphatic rings. The quantitative estimate of drug-likeness (QED) is 0.289. The van der Waals surface area contributed by atoms with Crippen molar-refractivity contribution in [3.05, 3.63) is 73.0 Å². The topological polar surface area (TPSA) is 116 Å². The second-order valence-corrected chi connectivity index (χ2v) is 11.4. The van der Waals surface area contributed by atoms with Crippen molar-refractivity contribution in [3.8, 4) is 5.75 Å². The molecule has 0 radical (unpaired) electrons. The van der Waals surface area contributed by atoms with E-state index in [9.17, 15) is 31.9 Å². The van der Waals surface area contributed by atoms with Crippen LogP contribution in [-0.4, -0.2) is 31.9 Å². The van der Waals surface area contributed by atoms with Gasteiger partial charge in [-0.25, -0.2) is 21.5 Å². The molecule has 3 N–H and O–H groups in total. The molecule has 1 aliphatic carbocycles. The van der Waals surface area contributed by atoms with Crippen LogP contribution in [0.5, 0.6) is 5.75 Å². The standard InChI is InChI=1S/C24H24ClF2N3O5S/c1-30(2)36(34,35)24-13(25)10-11-16(21(24)31)28-19-20(23(33)22(19)32)29-18(12-6-3-4-7-12)17-14(26)8-5-9-15(17)27/h5,8-12,18,28-29,31H,3-4,6-7H2,1-2H3. The summed E-state index contributed by atoms with van der Waals surface area (Å²) in [5.41, 5.74) is -2.70. The maximum atomic E-state index is 14.7. The predicted molar refractivity (Wildman–Crippen MR) is 133 cm³/mol. The largest absolute Gasteiger partial charge is 0.504 e. The Bertz CT molecular complexity index is 1480. The van der Waals surface area contributed by atoms with E-state index in [0.717, 1.165) is 29.3 Å². The van der Waals surface area contributed by atoms with Gasteiger partial charge < -0.3 is 15.7 Å². The Kier molecular flexibility index (Phi) is 7.09. The molecule has 0 saturated heterocycles. The van der Waals surface area contributed by atoms with E-state index >= 15 is 0 Å². The fourth-order valence-corrected chi connectivity index (χ4v) is 6.02. The van der Waals surface area contributed by atoms with E-state index in [1.807, 2.05) is 0 Å². The number of hydrogen-bond donors (Lipinski definition) is 3. The predicted octanol–water partition coefficient (Wildman–Crippen LogP) is 4.26. The second kappa shape index (κ2) is 9.79. The molecule has 0 aliphatic heterocycles. The molecule has 0 aromatic heterocycles. The van der Waals surface area contributed by atoms with Gasteiger partial charge in [-0.15, -0.1) is 0 Å². The molecule has 0 bridgehead atoms. The van der Waals surface area contributed by atoms with Gasteiger partial charge in [-0.2, -0.15) is 0 Å². The van der Waals surface area contributed by atoms with Gasteiger partial charge in [0.25, 0.3) is 10.9 Å². The summed E-state index contributed by atoms with van der Waals surface area (Å²) < 4.78 is 55.5. The van der Waals surface area contributed by atoms with Crippen molar-refractivity contribution in [2.45, 2.75) is 36.6 Å². The summed E-state index contributed by atoms with van der Waals surface area (Å²) in [5.74, 6) is -2.49. The number of aromatic hydroxyl groups is 1. The molecule has 36 heavy (non-hydrogen) atoms. The lowest BCUT2D eigenvalue weighted by molar-refractivity contribution is 0.431. The number of hydrogen-bond acceptors (Lipinski definition) is 7. The minimum absolute atomic E-state index is 0.186. The highest BCUT2D eigenvalue weighted by Crippen LogP contribution is 2.42. The van der Waals surface area contributed by atoms with Gasteiger partial charge in [-0.05, 0) is 43.0 Å². The molecule has 0 heterocycles. The summed E-state index contributed by atoms with van der Waals surface area (Å²) in [5, 5.41) is 15.9. The van der Waals surface area contributed by atoms with Crippen molar-refractivity contribution >= 4 is 38.7 Å². The Morgan fingerprint density at radius 1 is 1.03 bits per heavy atom. The van der Waals surface area contributed by atoms with Crippen LogP contribution in [0.25, 0.3) is 0 Å². The maximum absolute atomic E-state index is 14.7. The first kappa shape index (κ1) is 26.1. The molecule has 1 saturated carbocycles. The normalized spacial score (nSPS) is 15.5. The van der Waals surface area contributed by atoms with Crippen molar-refractivity contribution < 1.29 is 22.3 Å². The Morgan fingerprint density at radius 3 is 2.19 bits per heavy atom. The lowest BCUT2D eigenvalue weighted by Crippen LogP contribution is -2.38. The fourth-order valence-electron chi connectivity index (χ4n) is 4.54. The molecule has 4 rings (SSSR count). The minimum atomic E-state index is -4.15. The van der Waals surface area contributed by atoms with Crippen LogP contribution in [0.4, 0.5) is 25.8 Å². The number of nitrogens with one attached hydrogen (secondary N) is 2. The first-order chi connectivity index (χ1) is 16.9. The Balaban J connectivity index is 1.74. The van der Waals surface area contributed by atoms with E-state index < -0.39 is 49.2 Å². The van der Waals surface area contributed by atoms with Crippen molar-refractivity contribution in [1.29, 1.82) is 0 Å². The second-order valence-electron chi connectivity index (χ2n) is 8.90. The molecule has 1 atom stereocenters. The smallest absolute Gasteiger partial charge is 0.253 e. The summed E-state index contributed by atoms with van der Waals surface area (Å²) in [6, 6.07) is 5.05. The van der Waals surface area contributed by atoms with Crippen LogP contribution in [-0.2, 0) is 10.0 Å². The number of phenolic OH excluding ortho intramolecular Hbond substituents is 1. The van der Waals surface area contributed by atoms with E-state index in [2.05, 4.69) is 10.6 Å². The number of benzene rings is 2. The van der Waals surface area contributed by atoms with Crippen LogP contribution >= 0.6 is 11.6 Å². The highest BCUT2D eigenvalue weighted by atomic mass is 35.5. The molecule has 192 valence electrons. The number of nitrogens with zero attached hydrogens (tertiary/aromatic N) is 1. The maximum Gasteiger partial charge on any atom is 0.253 e. The molecule has 0 spiro atoms. The molecular weight excluding hydrogens is 516 g/mol. The number of halogens is 3. The van der Waals surface area contributed by atoms with Crippen molar-refractivity contribution in [2.24, 2.45) is 5.92 Å². The van der Waals surface area contributed by atoms with Gasteiger partial charge in [-0.1, -0.05) is 30.5 Å². The first-order valence-corrected chi connectivity index (χ1v) is 13.0. The molecule has 12 heteroatoms. The SMILES string of the molecule is CN(C)S(=O)(=O)c1c(Cl)ccc(Nc2c(NC(c3c(F)cccc3F)C3CCCC3)c(=O)c2=O)c1O. The summed E-state index contributed by atoms with van der Waals surface area (Å²) in [6.07, 6.45) is 3.07. The lowest BCUT2D eigenvalue weighted by atomic mass is 9.90. The molecular formula is C24H24ClF2N3O5S. The number of anilines is 3. The van der Waals surface area contributed by atoms with Crippen molar-refractivity contribution in [1.82, 2.24) is 4.31 Å². The van der Waals surface area contributed by atoms with E-state index in [0.29, 0.717) is 12.8 Å². The molecule has 3 aromatic rings. The fraction of sp³-hybridized carbons (Fsp3) is 0.333. The van der Waals surface area contributed by atoms with Gasteiger partial charge in [0.15, 0.2) is 5.75 Å². The third-order valence-electron chi connectivity index (χ3n) is 6.47. The third kappa shape index (κ3) is 4.46. The van der Waals surface area contributed by atoms with Crippen LogP contribution in [0.2, 0.25) is 5.02 Å². The van der Waals surface area contributed by atoms with Crippen LogP contribution in [0.1, 0.15) is 37.3 Å². The molecule has 3 aromatic carbocycles. The lowest BCUT2D eigenvalue weighted by Gasteiger charge is -2.28. The van der Waals surface area contributed by atoms with Gasteiger partial charge in [0, 0.05) is 19.7 Å². The van der Waals surface area contributed by atoms with E-state index in [-0.39, 0.29) is 33.6 Å². The van der Waals surface area contributed by atoms with Gasteiger partial charge >= 0.3 is 0 Å². The van der Waals surface area contributed by atoms with E-state index in [4.69, 9.17) is 11.6 Å². The summed E-state index contributed by atoms with van der Waals surface area (Å²) in [6.45, 7) is 0. The van der Waals surface area contributed by atoms with Gasteiger partial charge in [-0.3, -0.25) is 9.59 Å². The van der Waals surface area contributed by atoms with Crippen LogP contribution in [0.15, 0.2) is 44.8 Å². The van der Waals surface area contributed by atoms with Crippen LogP contribution in [0.3, 0.4) is 0 Å². The number of phenols is 1. The molecule has 0 amide bonds. The van der Waals surface area contributed by atoms with Crippen LogP contribution in [0, 0.1) is 17.6 Å². The zero-order chi connectivity index (χ0) is 26.4. The minimum Gasteiger partial charge on any atom is -0.504 e. The van der Waals surface area contributed by atoms with E-state index in [1.54, 1.807) is 0 Å². The summed E-state index contributed by atoms with van der Waals surface area (Å²) in [4.78, 5) is 24.3. The number of sulfonamides is 1. The van der Waals surface area contributed by atoms with Gasteiger partial charge in [0.05, 0.1) is 16.8 Å². The summed E-state index contributed by atoms with van der Waals surface area (Å²) in [7, 11) is -1.64. The molecule has 1 unspecified atom stereocenters. The van der Waals surface area contributed by atoms with Gasteiger partial charge in [0.1, 0.15) is 27.9 Å². The Labute approximate surface area is 211 Å². The summed E-state index contributed by atoms with van der Waals surface area (Å²) >= 11 is 6.02. The van der Waals surface area contributed by atoms with Crippen LogP contribution < -0.4 is 21.5 Å². The van der Waals surface area contributed by atoms with Gasteiger partial charge in [0.2, 0.25) is 10.0 Å². The monoisotopic (exact) mass is 539 g/mol. The highest BCUT2D eigenvalue weighted by Gasteiger charge is 2.34. The van der Waals surface area contributed by atoms with Crippen molar-refractivity contribution in [3.63, 3.8) is 0 Å². The van der Waals surface area contributed by atoms with E-state index in [1.165, 1.54) is 32.3 Å². The average Bonchev–Trinajstić information content (AvgIpc) is 3.35. The Hall–Kier alpha value is -3.02. The highest BCUT2D eigenvalue weighted by molar-refractivity contribution is 7.89. The number of rotatable bonds is 8. The zero-order valence-corrected chi connectivity index (χ0v) is 21.0.